The highest BCUT2D eigenvalue weighted by atomic mass is 16.5. The van der Waals surface area contributed by atoms with E-state index in [-0.39, 0.29) is 78.9 Å². The lowest BCUT2D eigenvalue weighted by molar-refractivity contribution is -0.136. The first kappa shape index (κ1) is 44.9. The summed E-state index contributed by atoms with van der Waals surface area (Å²) in [5, 5.41) is 24.3. The fourth-order valence-corrected chi connectivity index (χ4v) is 7.38. The van der Waals surface area contributed by atoms with E-state index in [2.05, 4.69) is 51.3 Å². The van der Waals surface area contributed by atoms with Crippen LogP contribution in [-0.2, 0) is 43.4 Å². The third kappa shape index (κ3) is 11.3. The zero-order valence-electron chi connectivity index (χ0n) is 35.8. The van der Waals surface area contributed by atoms with Crippen molar-refractivity contribution in [3.8, 4) is 5.75 Å². The summed E-state index contributed by atoms with van der Waals surface area (Å²) >= 11 is 0. The number of amides is 4. The standard InChI is InChI=1S/C45H46N12O9/c1-46-24-27-7-11-29(12-8-27)47-45-48-34(23-38(50-45)49-39-22-33(53-54-39)28-9-10-28)36(59)15-13-30-25-56(55-52-30)17-19-65-21-20-64-18-3-4-31(58)26-66-37-6-2-5-32-41(37)44(63)57(43(32)62)35-14-16-40(60)51-42(35)61/h2,5-8,11-12,22-23,25,28,35H,3-4,9-10,13-21,24,26H2,(H,51,60,61)(H3,47,48,49,50,53,54). The first-order valence-corrected chi connectivity index (χ1v) is 21.6. The predicted molar refractivity (Wildman–Crippen MR) is 233 cm³/mol. The van der Waals surface area contributed by atoms with Gasteiger partial charge in [0.05, 0.1) is 43.2 Å². The molecule has 2 aliphatic heterocycles. The van der Waals surface area contributed by atoms with Crippen LogP contribution in [0.5, 0.6) is 5.75 Å². The van der Waals surface area contributed by atoms with E-state index in [9.17, 15) is 28.8 Å². The van der Waals surface area contributed by atoms with E-state index in [1.165, 1.54) is 18.2 Å². The number of benzene rings is 2. The zero-order chi connectivity index (χ0) is 46.0. The van der Waals surface area contributed by atoms with E-state index in [0.717, 1.165) is 29.0 Å². The van der Waals surface area contributed by atoms with Gasteiger partial charge in [-0.05, 0) is 62.1 Å². The Labute approximate surface area is 377 Å². The van der Waals surface area contributed by atoms with Crippen molar-refractivity contribution in [1.82, 2.24) is 45.4 Å². The summed E-state index contributed by atoms with van der Waals surface area (Å²) in [5.41, 5.74) is 3.54. The molecule has 0 spiro atoms. The number of fused-ring (bicyclic) bond motifs is 1. The number of nitrogens with zero attached hydrogens (tertiary/aromatic N) is 8. The molecule has 1 saturated carbocycles. The second-order valence-electron chi connectivity index (χ2n) is 15.9. The van der Waals surface area contributed by atoms with Gasteiger partial charge in [0, 0.05) is 73.5 Å². The maximum Gasteiger partial charge on any atom is 0.266 e. The van der Waals surface area contributed by atoms with Crippen LogP contribution in [-0.4, -0.2) is 114 Å². The van der Waals surface area contributed by atoms with Gasteiger partial charge in [-0.15, -0.1) is 5.10 Å². The van der Waals surface area contributed by atoms with Gasteiger partial charge in [0.2, 0.25) is 24.3 Å². The van der Waals surface area contributed by atoms with Gasteiger partial charge in [0.15, 0.2) is 17.4 Å². The van der Waals surface area contributed by atoms with Gasteiger partial charge in [-0.1, -0.05) is 11.3 Å². The fraction of sp³-hybridized carbons (Fsp3) is 0.378. The molecule has 3 aliphatic rings. The molecule has 4 N–H and O–H groups in total. The molecule has 5 aromatic rings. The number of piperidine rings is 1. The number of hydrogen-bond acceptors (Lipinski definition) is 16. The largest absolute Gasteiger partial charge is 0.485 e. The molecule has 66 heavy (non-hydrogen) atoms. The molecule has 3 aromatic heterocycles. The summed E-state index contributed by atoms with van der Waals surface area (Å²) in [5.74, 6) is -1.21. The molecular weight excluding hydrogens is 853 g/mol. The van der Waals surface area contributed by atoms with Crippen LogP contribution in [0.15, 0.2) is 60.8 Å². The summed E-state index contributed by atoms with van der Waals surface area (Å²) in [6.07, 6.45) is 5.11. The molecule has 4 amide bonds. The number of carbonyl (C=O) groups excluding carboxylic acids is 6. The van der Waals surface area contributed by atoms with Gasteiger partial charge >= 0.3 is 0 Å². The van der Waals surface area contributed by atoms with Gasteiger partial charge in [0.1, 0.15) is 29.9 Å². The quantitative estimate of drug-likeness (QED) is 0.0292. The van der Waals surface area contributed by atoms with E-state index >= 15 is 0 Å². The first-order chi connectivity index (χ1) is 32.1. The van der Waals surface area contributed by atoms with Crippen molar-refractivity contribution in [3.05, 3.63) is 106 Å². The number of aryl methyl sites for hydroxylation is 1. The average molecular weight is 899 g/mol. The van der Waals surface area contributed by atoms with E-state index in [1.807, 2.05) is 30.3 Å². The van der Waals surface area contributed by atoms with E-state index < -0.39 is 29.7 Å². The molecular formula is C45H46N12O9. The minimum Gasteiger partial charge on any atom is -0.485 e. The second kappa shape index (κ2) is 20.9. The van der Waals surface area contributed by atoms with Gasteiger partial charge in [-0.25, -0.2) is 16.2 Å². The average Bonchev–Trinajstić information content (AvgIpc) is 3.79. The van der Waals surface area contributed by atoms with Crippen molar-refractivity contribution in [2.45, 2.75) is 76.4 Å². The predicted octanol–water partition coefficient (Wildman–Crippen LogP) is 4.25. The molecule has 1 atom stereocenters. The van der Waals surface area contributed by atoms with Crippen molar-refractivity contribution in [2.24, 2.45) is 0 Å². The van der Waals surface area contributed by atoms with Gasteiger partial charge in [-0.2, -0.15) is 10.1 Å². The maximum atomic E-state index is 13.5. The van der Waals surface area contributed by atoms with Crippen LogP contribution in [0, 0.1) is 6.57 Å². The van der Waals surface area contributed by atoms with Gasteiger partial charge < -0.3 is 29.7 Å². The summed E-state index contributed by atoms with van der Waals surface area (Å²) in [7, 11) is 0. The smallest absolute Gasteiger partial charge is 0.266 e. The number of aromatic amines is 1. The van der Waals surface area contributed by atoms with Crippen LogP contribution in [0.1, 0.15) is 99.0 Å². The minimum atomic E-state index is -1.11. The number of nitrogens with one attached hydrogen (secondary N) is 4. The maximum absolute atomic E-state index is 13.5. The third-order valence-electron chi connectivity index (χ3n) is 10.9. The van der Waals surface area contributed by atoms with Crippen LogP contribution in [0.25, 0.3) is 4.85 Å². The van der Waals surface area contributed by atoms with Crippen molar-refractivity contribution in [2.75, 3.05) is 43.7 Å². The summed E-state index contributed by atoms with van der Waals surface area (Å²) in [4.78, 5) is 89.6. The third-order valence-corrected chi connectivity index (χ3v) is 10.9. The van der Waals surface area contributed by atoms with E-state index in [0.29, 0.717) is 74.7 Å². The van der Waals surface area contributed by atoms with Crippen LogP contribution < -0.4 is 20.7 Å². The lowest BCUT2D eigenvalue weighted by Gasteiger charge is -2.27. The Kier molecular flexibility index (Phi) is 14.2. The monoisotopic (exact) mass is 898 g/mol. The lowest BCUT2D eigenvalue weighted by Crippen LogP contribution is -2.54. The molecule has 0 radical (unpaired) electrons. The Hall–Kier alpha value is -7.70. The highest BCUT2D eigenvalue weighted by Crippen LogP contribution is 2.40. The molecule has 1 aliphatic carbocycles. The van der Waals surface area contributed by atoms with Gasteiger partial charge in [0.25, 0.3) is 11.8 Å². The molecule has 8 rings (SSSR count). The van der Waals surface area contributed by atoms with Crippen LogP contribution >= 0.6 is 0 Å². The normalized spacial score (nSPS) is 15.6. The molecule has 21 nitrogen and oxygen atoms in total. The number of ether oxygens (including phenoxy) is 3. The van der Waals surface area contributed by atoms with Crippen LogP contribution in [0.2, 0.25) is 0 Å². The van der Waals surface area contributed by atoms with Crippen LogP contribution in [0.4, 0.5) is 23.3 Å². The highest BCUT2D eigenvalue weighted by molar-refractivity contribution is 6.24. The van der Waals surface area contributed by atoms with Crippen molar-refractivity contribution < 1.29 is 43.0 Å². The Morgan fingerprint density at radius 3 is 2.50 bits per heavy atom. The number of anilines is 4. The molecule has 2 fully saturated rings. The van der Waals surface area contributed by atoms with E-state index in [1.54, 1.807) is 16.9 Å². The molecule has 2 aromatic carbocycles. The van der Waals surface area contributed by atoms with Crippen molar-refractivity contribution in [1.29, 1.82) is 0 Å². The molecule has 21 heteroatoms. The van der Waals surface area contributed by atoms with Crippen molar-refractivity contribution in [3.63, 3.8) is 0 Å². The molecule has 1 saturated heterocycles. The Bertz CT molecular complexity index is 2670. The molecule has 340 valence electrons. The SMILES string of the molecule is [C-]#[N+]Cc1ccc(Nc2nc(Nc3cc(C4CC4)[nH]n3)cc(C(=O)CCc3cn(CCOCCOCCCC(=O)COc4cccc5c4C(=O)N(C4CCC(=O)NC4=O)C5=O)nn3)n2)cc1. The topological polar surface area (TPSA) is 259 Å². The summed E-state index contributed by atoms with van der Waals surface area (Å²) < 4.78 is 18.6. The fourth-order valence-electron chi connectivity index (χ4n) is 7.38. The lowest BCUT2D eigenvalue weighted by atomic mass is 10.0. The molecule has 1 unspecified atom stereocenters. The minimum absolute atomic E-state index is 0.00535. The van der Waals surface area contributed by atoms with Crippen molar-refractivity contribution >= 4 is 58.5 Å². The number of imide groups is 2. The Balaban J connectivity index is 0.724. The number of ketones is 2. The highest BCUT2D eigenvalue weighted by Gasteiger charge is 2.46. The molecule has 5 heterocycles. The number of H-pyrrole nitrogens is 1. The first-order valence-electron chi connectivity index (χ1n) is 21.6. The van der Waals surface area contributed by atoms with Crippen LogP contribution in [0.3, 0.4) is 0 Å². The Morgan fingerprint density at radius 2 is 1.71 bits per heavy atom. The zero-order valence-corrected chi connectivity index (χ0v) is 35.8. The number of carbonyl (C=O) groups is 6. The van der Waals surface area contributed by atoms with Gasteiger partial charge in [-0.3, -0.25) is 44.1 Å². The molecule has 0 bridgehead atoms. The summed E-state index contributed by atoms with van der Waals surface area (Å²) in [6.45, 7) is 8.77. The number of Topliss-reactive ketones (excluding diaryl/α,β-unsaturated/α-hetero) is 2. The number of rotatable bonds is 24. The summed E-state index contributed by atoms with van der Waals surface area (Å²) in [6, 6.07) is 14.3. The number of aromatic nitrogens is 7. The van der Waals surface area contributed by atoms with E-state index in [4.69, 9.17) is 20.8 Å². The number of hydrogen-bond donors (Lipinski definition) is 4. The Morgan fingerprint density at radius 1 is 0.894 bits per heavy atom. The second-order valence-corrected chi connectivity index (χ2v) is 15.9.